The Morgan fingerprint density at radius 2 is 1.50 bits per heavy atom. The van der Waals surface area contributed by atoms with Crippen molar-refractivity contribution in [3.05, 3.63) is 34.4 Å². The molecule has 0 aromatic heterocycles. The molecule has 0 atom stereocenters. The lowest BCUT2D eigenvalue weighted by atomic mass is 10.0. The normalized spacial score (nSPS) is 7.09. The van der Waals surface area contributed by atoms with E-state index in [-0.39, 0.29) is 18.4 Å². The Balaban J connectivity index is 5.63. The molecule has 0 amide bonds. The van der Waals surface area contributed by atoms with Crippen LogP contribution in [0.4, 0.5) is 0 Å². The molecule has 0 aliphatic carbocycles. The minimum absolute atomic E-state index is 0.0721. The van der Waals surface area contributed by atoms with Gasteiger partial charge in [-0.05, 0) is 18.8 Å². The van der Waals surface area contributed by atoms with Crippen LogP contribution in [-0.4, -0.2) is 35.6 Å². The van der Waals surface area contributed by atoms with E-state index in [1.165, 1.54) is 35.6 Å². The standard InChI is InChI=1S/C16H6O6/c17-7-2-1-3-13(9-19)4-5-14(10-20)16(12-22)15(11-21)6-8-18/h2,6H,1,3H2. The summed E-state index contributed by atoms with van der Waals surface area (Å²) in [5.74, 6) is 12.5. The van der Waals surface area contributed by atoms with Crippen LogP contribution < -0.4 is 0 Å². The molecular formula is C16H6O6. The third kappa shape index (κ3) is 5.93. The maximum atomic E-state index is 10.8. The van der Waals surface area contributed by atoms with Gasteiger partial charge in [-0.1, -0.05) is 5.92 Å². The van der Waals surface area contributed by atoms with Crippen LogP contribution in [0.25, 0.3) is 0 Å². The van der Waals surface area contributed by atoms with Gasteiger partial charge >= 0.3 is 0 Å². The van der Waals surface area contributed by atoms with Crippen molar-refractivity contribution in [1.29, 1.82) is 0 Å². The molecule has 0 radical (unpaired) electrons. The van der Waals surface area contributed by atoms with Crippen molar-refractivity contribution in [1.82, 2.24) is 0 Å². The number of hydrogen-bond donors (Lipinski definition) is 0. The van der Waals surface area contributed by atoms with Gasteiger partial charge < -0.3 is 0 Å². The van der Waals surface area contributed by atoms with Crippen molar-refractivity contribution < 1.29 is 28.8 Å². The summed E-state index contributed by atoms with van der Waals surface area (Å²) in [6, 6.07) is 0. The summed E-state index contributed by atoms with van der Waals surface area (Å²) in [5.41, 5.74) is -1.86. The summed E-state index contributed by atoms with van der Waals surface area (Å²) in [7, 11) is 0. The topological polar surface area (TPSA) is 102 Å². The highest BCUT2D eigenvalue weighted by atomic mass is 16.1. The van der Waals surface area contributed by atoms with Crippen LogP contribution >= 0.6 is 0 Å². The van der Waals surface area contributed by atoms with Gasteiger partial charge in [-0.2, -0.15) is 0 Å². The third-order valence-corrected chi connectivity index (χ3v) is 2.12. The van der Waals surface area contributed by atoms with Crippen molar-refractivity contribution in [2.45, 2.75) is 12.8 Å². The summed E-state index contributed by atoms with van der Waals surface area (Å²) in [4.78, 5) is 63.0. The van der Waals surface area contributed by atoms with Gasteiger partial charge in [0.05, 0.1) is 11.1 Å². The minimum atomic E-state index is -0.626. The zero-order valence-corrected chi connectivity index (χ0v) is 11.0. The Labute approximate surface area is 124 Å². The van der Waals surface area contributed by atoms with Crippen LogP contribution in [0, 0.1) is 11.8 Å². The van der Waals surface area contributed by atoms with Gasteiger partial charge in [-0.25, -0.2) is 28.8 Å². The molecule has 0 aromatic rings. The first-order chi connectivity index (χ1) is 10.7. The molecule has 0 rings (SSSR count). The summed E-state index contributed by atoms with van der Waals surface area (Å²) in [5, 5.41) is 0. The van der Waals surface area contributed by atoms with Crippen LogP contribution in [0.15, 0.2) is 34.4 Å². The van der Waals surface area contributed by atoms with E-state index in [4.69, 9.17) is 0 Å². The molecule has 6 heteroatoms. The van der Waals surface area contributed by atoms with Crippen molar-refractivity contribution in [2.24, 2.45) is 0 Å². The highest BCUT2D eigenvalue weighted by molar-refractivity contribution is 5.89. The van der Waals surface area contributed by atoms with Crippen LogP contribution in [0.1, 0.15) is 12.8 Å². The third-order valence-electron chi connectivity index (χ3n) is 2.12. The van der Waals surface area contributed by atoms with E-state index in [0.717, 1.165) is 6.08 Å². The Hall–Kier alpha value is -3.74. The van der Waals surface area contributed by atoms with E-state index in [0.29, 0.717) is 6.08 Å². The molecule has 0 unspecified atom stereocenters. The smallest absolute Gasteiger partial charge is 0.143 e. The first-order valence-corrected chi connectivity index (χ1v) is 5.60. The van der Waals surface area contributed by atoms with Gasteiger partial charge in [0.1, 0.15) is 46.8 Å². The lowest BCUT2D eigenvalue weighted by Gasteiger charge is -1.94. The second-order valence-electron chi connectivity index (χ2n) is 3.42. The highest BCUT2D eigenvalue weighted by Crippen LogP contribution is 2.12. The Kier molecular flexibility index (Phi) is 9.23. The molecule has 22 heavy (non-hydrogen) atoms. The largest absolute Gasteiger partial charge is 0.234 e. The molecular weight excluding hydrogens is 288 g/mol. The molecule has 0 aromatic carbocycles. The van der Waals surface area contributed by atoms with Crippen molar-refractivity contribution in [3.8, 4) is 11.8 Å². The van der Waals surface area contributed by atoms with Crippen LogP contribution in [0.3, 0.4) is 0 Å². The van der Waals surface area contributed by atoms with E-state index in [9.17, 15) is 28.8 Å². The van der Waals surface area contributed by atoms with E-state index in [1.807, 2.05) is 0 Å². The average molecular weight is 294 g/mol. The van der Waals surface area contributed by atoms with E-state index in [1.54, 1.807) is 0 Å². The lowest BCUT2D eigenvalue weighted by Crippen LogP contribution is -1.95. The summed E-state index contributed by atoms with van der Waals surface area (Å²) in [6.45, 7) is 0. The Morgan fingerprint density at radius 1 is 0.773 bits per heavy atom. The fraction of sp³-hybridized carbons (Fsp3) is 0.125. The van der Waals surface area contributed by atoms with Gasteiger partial charge in [-0.3, -0.25) is 0 Å². The Bertz CT molecular complexity index is 810. The number of rotatable bonds is 6. The maximum Gasteiger partial charge on any atom is 0.143 e. The molecule has 0 saturated carbocycles. The zero-order valence-electron chi connectivity index (χ0n) is 11.0. The van der Waals surface area contributed by atoms with E-state index in [2.05, 4.69) is 11.8 Å². The molecule has 0 saturated heterocycles. The fourth-order valence-electron chi connectivity index (χ4n) is 1.14. The SMILES string of the molecule is O=C=CCCC(=C=O)C#CC(=C=O)C(=C=O)C(=C=O)C=C=O. The second-order valence-corrected chi connectivity index (χ2v) is 3.42. The van der Waals surface area contributed by atoms with E-state index < -0.39 is 16.7 Å². The molecule has 0 bridgehead atoms. The first-order valence-electron chi connectivity index (χ1n) is 5.60. The summed E-state index contributed by atoms with van der Waals surface area (Å²) >= 11 is 0. The van der Waals surface area contributed by atoms with Gasteiger partial charge in [0.2, 0.25) is 0 Å². The van der Waals surface area contributed by atoms with Crippen LogP contribution in [-0.2, 0) is 28.8 Å². The van der Waals surface area contributed by atoms with Gasteiger partial charge in [0.15, 0.2) is 0 Å². The summed E-state index contributed by atoms with van der Waals surface area (Å²) in [6.07, 6.45) is 1.97. The van der Waals surface area contributed by atoms with Crippen LogP contribution in [0.5, 0.6) is 0 Å². The molecule has 0 spiro atoms. The molecule has 0 heterocycles. The van der Waals surface area contributed by atoms with Gasteiger partial charge in [-0.15, -0.1) is 0 Å². The van der Waals surface area contributed by atoms with E-state index >= 15 is 0 Å². The maximum absolute atomic E-state index is 10.8. The Morgan fingerprint density at radius 3 is 1.95 bits per heavy atom. The number of carbonyl (C=O) groups excluding carboxylic acids is 6. The highest BCUT2D eigenvalue weighted by Gasteiger charge is 2.11. The molecule has 106 valence electrons. The first kappa shape index (κ1) is 18.3. The molecule has 0 aliphatic rings. The van der Waals surface area contributed by atoms with Crippen molar-refractivity contribution >= 4 is 35.6 Å². The molecule has 0 fully saturated rings. The van der Waals surface area contributed by atoms with Crippen molar-refractivity contribution in [3.63, 3.8) is 0 Å². The quantitative estimate of drug-likeness (QED) is 0.374. The second kappa shape index (κ2) is 11.1. The molecule has 0 aliphatic heterocycles. The molecule has 6 nitrogen and oxygen atoms in total. The van der Waals surface area contributed by atoms with Gasteiger partial charge in [0, 0.05) is 12.2 Å². The monoisotopic (exact) mass is 294 g/mol. The fourth-order valence-corrected chi connectivity index (χ4v) is 1.14. The number of hydrogen-bond acceptors (Lipinski definition) is 6. The predicted molar refractivity (Wildman–Crippen MR) is 74.4 cm³/mol. The van der Waals surface area contributed by atoms with Gasteiger partial charge in [0.25, 0.3) is 0 Å². The summed E-state index contributed by atoms with van der Waals surface area (Å²) < 4.78 is 0. The number of allylic oxidation sites excluding steroid dienone is 6. The average Bonchev–Trinajstić information content (AvgIpc) is 2.55. The minimum Gasteiger partial charge on any atom is -0.234 e. The van der Waals surface area contributed by atoms with Crippen molar-refractivity contribution in [2.75, 3.05) is 0 Å². The molecule has 0 N–H and O–H groups in total. The predicted octanol–water partition coefficient (Wildman–Crippen LogP) is -0.422. The van der Waals surface area contributed by atoms with Crippen LogP contribution in [0.2, 0.25) is 0 Å². The zero-order chi connectivity index (χ0) is 16.8. The lowest BCUT2D eigenvalue weighted by molar-refractivity contribution is 0.563.